The molecular weight excluding hydrogens is 251 g/mol. The van der Waals surface area contributed by atoms with Crippen LogP contribution in [-0.2, 0) is 0 Å². The fourth-order valence-corrected chi connectivity index (χ4v) is 1.32. The largest absolute Gasteiger partial charge is 0.493 e. The summed E-state index contributed by atoms with van der Waals surface area (Å²) in [5.74, 6) is 0.618. The van der Waals surface area contributed by atoms with E-state index in [1.807, 2.05) is 6.92 Å². The topological polar surface area (TPSA) is 18.5 Å². The Morgan fingerprint density at radius 2 is 2.07 bits per heavy atom. The summed E-state index contributed by atoms with van der Waals surface area (Å²) in [7, 11) is 1.49. The third kappa shape index (κ3) is 2.61. The summed E-state index contributed by atoms with van der Waals surface area (Å²) in [6.45, 7) is 2.60. The Kier molecular flexibility index (Phi) is 4.20. The van der Waals surface area contributed by atoms with Crippen LogP contribution in [0.15, 0.2) is 16.6 Å². The van der Waals surface area contributed by atoms with Gasteiger partial charge in [-0.3, -0.25) is 0 Å². The molecule has 14 heavy (non-hydrogen) atoms. The fraction of sp³-hybridized carbons (Fsp3) is 0.400. The van der Waals surface area contributed by atoms with E-state index in [1.165, 1.54) is 13.2 Å². The van der Waals surface area contributed by atoms with Crippen LogP contribution in [0.1, 0.15) is 13.3 Å². The number of benzene rings is 1. The Labute approximate surface area is 91.2 Å². The van der Waals surface area contributed by atoms with Crippen LogP contribution < -0.4 is 9.47 Å². The molecule has 0 aromatic heterocycles. The number of ether oxygens (including phenoxy) is 2. The van der Waals surface area contributed by atoms with Crippen molar-refractivity contribution in [2.45, 2.75) is 13.3 Å². The highest BCUT2D eigenvalue weighted by molar-refractivity contribution is 9.10. The molecule has 1 aromatic rings. The van der Waals surface area contributed by atoms with Gasteiger partial charge in [0.15, 0.2) is 11.5 Å². The molecule has 0 bridgehead atoms. The fourth-order valence-electron chi connectivity index (χ4n) is 0.995. The number of halogens is 2. The zero-order chi connectivity index (χ0) is 10.6. The zero-order valence-electron chi connectivity index (χ0n) is 8.14. The molecule has 1 rings (SSSR count). The van der Waals surface area contributed by atoms with E-state index in [0.717, 1.165) is 6.42 Å². The summed E-state index contributed by atoms with van der Waals surface area (Å²) in [6, 6.07) is 2.87. The molecule has 0 spiro atoms. The summed E-state index contributed by atoms with van der Waals surface area (Å²) in [4.78, 5) is 0. The second kappa shape index (κ2) is 5.20. The number of hydrogen-bond donors (Lipinski definition) is 0. The quantitative estimate of drug-likeness (QED) is 0.829. The van der Waals surface area contributed by atoms with Crippen LogP contribution in [-0.4, -0.2) is 13.7 Å². The third-order valence-electron chi connectivity index (χ3n) is 1.67. The van der Waals surface area contributed by atoms with E-state index in [-0.39, 0.29) is 5.82 Å². The van der Waals surface area contributed by atoms with Gasteiger partial charge in [0.05, 0.1) is 18.2 Å². The summed E-state index contributed by atoms with van der Waals surface area (Å²) in [5.41, 5.74) is 0. The minimum Gasteiger partial charge on any atom is -0.493 e. The van der Waals surface area contributed by atoms with E-state index in [9.17, 15) is 4.39 Å². The molecular formula is C10H12BrFO2. The predicted octanol–water partition coefficient (Wildman–Crippen LogP) is 3.39. The van der Waals surface area contributed by atoms with Crippen LogP contribution in [0.3, 0.4) is 0 Å². The summed E-state index contributed by atoms with van der Waals surface area (Å²) in [6.07, 6.45) is 0.901. The van der Waals surface area contributed by atoms with E-state index in [1.54, 1.807) is 6.07 Å². The van der Waals surface area contributed by atoms with Gasteiger partial charge in [-0.2, -0.15) is 0 Å². The number of methoxy groups -OCH3 is 1. The molecule has 0 amide bonds. The lowest BCUT2D eigenvalue weighted by molar-refractivity contribution is 0.293. The van der Waals surface area contributed by atoms with Gasteiger partial charge in [-0.1, -0.05) is 6.92 Å². The van der Waals surface area contributed by atoms with Gasteiger partial charge in [-0.15, -0.1) is 0 Å². The van der Waals surface area contributed by atoms with Crippen molar-refractivity contribution in [3.05, 3.63) is 22.4 Å². The monoisotopic (exact) mass is 262 g/mol. The predicted molar refractivity (Wildman–Crippen MR) is 56.4 cm³/mol. The summed E-state index contributed by atoms with van der Waals surface area (Å²) >= 11 is 3.09. The van der Waals surface area contributed by atoms with Gasteiger partial charge in [-0.25, -0.2) is 4.39 Å². The van der Waals surface area contributed by atoms with Crippen molar-refractivity contribution >= 4 is 15.9 Å². The van der Waals surface area contributed by atoms with Crippen LogP contribution in [0.5, 0.6) is 11.5 Å². The Hall–Kier alpha value is -0.770. The average Bonchev–Trinajstić information content (AvgIpc) is 2.19. The molecule has 0 atom stereocenters. The Balaban J connectivity index is 2.95. The third-order valence-corrected chi connectivity index (χ3v) is 2.28. The van der Waals surface area contributed by atoms with Crippen molar-refractivity contribution in [1.82, 2.24) is 0 Å². The maximum absolute atomic E-state index is 13.1. The van der Waals surface area contributed by atoms with Crippen molar-refractivity contribution in [1.29, 1.82) is 0 Å². The maximum Gasteiger partial charge on any atom is 0.163 e. The SMILES string of the molecule is CCCOc1cc(Br)c(F)cc1OC. The minimum absolute atomic E-state index is 0.356. The van der Waals surface area contributed by atoms with Crippen LogP contribution in [0.2, 0.25) is 0 Å². The van der Waals surface area contributed by atoms with Gasteiger partial charge in [-0.05, 0) is 22.4 Å². The smallest absolute Gasteiger partial charge is 0.163 e. The molecule has 4 heteroatoms. The van der Waals surface area contributed by atoms with Gasteiger partial charge >= 0.3 is 0 Å². The van der Waals surface area contributed by atoms with Gasteiger partial charge in [0, 0.05) is 12.1 Å². The van der Waals surface area contributed by atoms with E-state index in [4.69, 9.17) is 9.47 Å². The summed E-state index contributed by atoms with van der Waals surface area (Å²) < 4.78 is 23.8. The Morgan fingerprint density at radius 1 is 1.36 bits per heavy atom. The number of rotatable bonds is 4. The van der Waals surface area contributed by atoms with E-state index in [0.29, 0.717) is 22.6 Å². The lowest BCUT2D eigenvalue weighted by Gasteiger charge is -2.10. The maximum atomic E-state index is 13.1. The van der Waals surface area contributed by atoms with Crippen molar-refractivity contribution < 1.29 is 13.9 Å². The van der Waals surface area contributed by atoms with E-state index >= 15 is 0 Å². The second-order valence-electron chi connectivity index (χ2n) is 2.77. The average molecular weight is 263 g/mol. The van der Waals surface area contributed by atoms with E-state index in [2.05, 4.69) is 15.9 Å². The Morgan fingerprint density at radius 3 is 2.64 bits per heavy atom. The molecule has 0 aliphatic rings. The van der Waals surface area contributed by atoms with Crippen molar-refractivity contribution in [3.8, 4) is 11.5 Å². The molecule has 0 saturated heterocycles. The Bertz CT molecular complexity index is 315. The minimum atomic E-state index is -0.356. The van der Waals surface area contributed by atoms with E-state index < -0.39 is 0 Å². The molecule has 0 heterocycles. The molecule has 2 nitrogen and oxygen atoms in total. The molecule has 0 N–H and O–H groups in total. The van der Waals surface area contributed by atoms with Crippen LogP contribution >= 0.6 is 15.9 Å². The van der Waals surface area contributed by atoms with Gasteiger partial charge in [0.25, 0.3) is 0 Å². The molecule has 0 unspecified atom stereocenters. The first-order valence-electron chi connectivity index (χ1n) is 4.34. The molecule has 1 aromatic carbocycles. The first kappa shape index (κ1) is 11.3. The summed E-state index contributed by atoms with van der Waals surface area (Å²) in [5, 5.41) is 0. The molecule has 0 radical (unpaired) electrons. The standard InChI is InChI=1S/C10H12BrFO2/c1-3-4-14-10-5-7(11)8(12)6-9(10)13-2/h5-6H,3-4H2,1-2H3. The highest BCUT2D eigenvalue weighted by Crippen LogP contribution is 2.32. The second-order valence-corrected chi connectivity index (χ2v) is 3.62. The normalized spacial score (nSPS) is 10.0. The molecule has 0 aliphatic carbocycles. The van der Waals surface area contributed by atoms with Crippen molar-refractivity contribution in [2.75, 3.05) is 13.7 Å². The first-order valence-corrected chi connectivity index (χ1v) is 5.14. The van der Waals surface area contributed by atoms with Crippen LogP contribution in [0.25, 0.3) is 0 Å². The zero-order valence-corrected chi connectivity index (χ0v) is 9.73. The number of hydrogen-bond acceptors (Lipinski definition) is 2. The highest BCUT2D eigenvalue weighted by atomic mass is 79.9. The van der Waals surface area contributed by atoms with Crippen molar-refractivity contribution in [2.24, 2.45) is 0 Å². The molecule has 0 fully saturated rings. The highest BCUT2D eigenvalue weighted by Gasteiger charge is 2.09. The molecule has 0 aliphatic heterocycles. The van der Waals surface area contributed by atoms with Crippen LogP contribution in [0.4, 0.5) is 4.39 Å². The lowest BCUT2D eigenvalue weighted by atomic mass is 10.3. The van der Waals surface area contributed by atoms with Crippen molar-refractivity contribution in [3.63, 3.8) is 0 Å². The van der Waals surface area contributed by atoms with Gasteiger partial charge < -0.3 is 9.47 Å². The lowest BCUT2D eigenvalue weighted by Crippen LogP contribution is -1.98. The molecule has 78 valence electrons. The first-order chi connectivity index (χ1) is 6.69. The van der Waals surface area contributed by atoms with Crippen LogP contribution in [0, 0.1) is 5.82 Å². The van der Waals surface area contributed by atoms with Gasteiger partial charge in [0.2, 0.25) is 0 Å². The molecule has 0 saturated carbocycles. The van der Waals surface area contributed by atoms with Gasteiger partial charge in [0.1, 0.15) is 5.82 Å².